The molecule has 0 spiro atoms. The first kappa shape index (κ1) is 12.3. The summed E-state index contributed by atoms with van der Waals surface area (Å²) >= 11 is 0. The van der Waals surface area contributed by atoms with Crippen LogP contribution in [-0.4, -0.2) is 12.6 Å². The average Bonchev–Trinajstić information content (AvgIpc) is 2.22. The van der Waals surface area contributed by atoms with Crippen molar-refractivity contribution in [3.8, 4) is 0 Å². The second-order valence-corrected chi connectivity index (χ2v) is 4.30. The van der Waals surface area contributed by atoms with Crippen molar-refractivity contribution in [2.45, 2.75) is 46.6 Å². The average molecular weight is 205 g/mol. The predicted octanol–water partition coefficient (Wildman–Crippen LogP) is 3.23. The molecule has 0 aliphatic heterocycles. The fraction of sp³-hybridized carbons (Fsp3) is 0.571. The Labute approximate surface area is 93.9 Å². The molecule has 0 saturated heterocycles. The van der Waals surface area contributed by atoms with Crippen LogP contribution in [0.3, 0.4) is 0 Å². The van der Waals surface area contributed by atoms with E-state index >= 15 is 0 Å². The molecule has 0 heterocycles. The van der Waals surface area contributed by atoms with Gasteiger partial charge in [0.25, 0.3) is 0 Å². The summed E-state index contributed by atoms with van der Waals surface area (Å²) in [6.45, 7) is 9.85. The highest BCUT2D eigenvalue weighted by Gasteiger charge is 2.07. The summed E-state index contributed by atoms with van der Waals surface area (Å²) in [6, 6.07) is 7.35. The molecule has 1 aromatic carbocycles. The molecule has 84 valence electrons. The Morgan fingerprint density at radius 1 is 1.20 bits per heavy atom. The molecule has 1 N–H and O–H groups in total. The van der Waals surface area contributed by atoms with Gasteiger partial charge in [-0.1, -0.05) is 37.6 Å². The standard InChI is InChI=1S/C14H23N/c1-5-14(15-6-2)10-13-9-11(3)7-8-12(13)4/h7-9,14-15H,5-6,10H2,1-4H3. The lowest BCUT2D eigenvalue weighted by Crippen LogP contribution is -2.30. The van der Waals surface area contributed by atoms with Crippen molar-refractivity contribution < 1.29 is 0 Å². The van der Waals surface area contributed by atoms with Crippen LogP contribution < -0.4 is 5.32 Å². The van der Waals surface area contributed by atoms with Crippen molar-refractivity contribution in [2.24, 2.45) is 0 Å². The van der Waals surface area contributed by atoms with Gasteiger partial charge >= 0.3 is 0 Å². The summed E-state index contributed by atoms with van der Waals surface area (Å²) in [6.07, 6.45) is 2.35. The summed E-state index contributed by atoms with van der Waals surface area (Å²) in [5, 5.41) is 3.53. The van der Waals surface area contributed by atoms with Crippen LogP contribution in [0.15, 0.2) is 18.2 Å². The van der Waals surface area contributed by atoms with E-state index in [1.165, 1.54) is 23.1 Å². The van der Waals surface area contributed by atoms with Gasteiger partial charge in [-0.25, -0.2) is 0 Å². The molecule has 0 bridgehead atoms. The smallest absolute Gasteiger partial charge is 0.0105 e. The number of rotatable bonds is 5. The molecule has 1 unspecified atom stereocenters. The zero-order chi connectivity index (χ0) is 11.3. The lowest BCUT2D eigenvalue weighted by molar-refractivity contribution is 0.509. The molecular formula is C14H23N. The Kier molecular flexibility index (Phi) is 4.83. The Balaban J connectivity index is 2.73. The number of hydrogen-bond acceptors (Lipinski definition) is 1. The first-order chi connectivity index (χ1) is 7.17. The Hall–Kier alpha value is -0.820. The number of aryl methyl sites for hydroxylation is 2. The monoisotopic (exact) mass is 205 g/mol. The quantitative estimate of drug-likeness (QED) is 0.778. The van der Waals surface area contributed by atoms with Gasteiger partial charge in [-0.05, 0) is 44.4 Å². The van der Waals surface area contributed by atoms with Gasteiger partial charge in [0.05, 0.1) is 0 Å². The van der Waals surface area contributed by atoms with Crippen LogP contribution >= 0.6 is 0 Å². The van der Waals surface area contributed by atoms with Gasteiger partial charge in [-0.15, -0.1) is 0 Å². The molecule has 0 aliphatic carbocycles. The Morgan fingerprint density at radius 2 is 1.93 bits per heavy atom. The molecule has 1 aromatic rings. The van der Waals surface area contributed by atoms with E-state index in [1.54, 1.807) is 0 Å². The van der Waals surface area contributed by atoms with Gasteiger partial charge in [-0.2, -0.15) is 0 Å². The van der Waals surface area contributed by atoms with E-state index in [4.69, 9.17) is 0 Å². The minimum absolute atomic E-state index is 0.621. The zero-order valence-corrected chi connectivity index (χ0v) is 10.4. The van der Waals surface area contributed by atoms with Gasteiger partial charge < -0.3 is 5.32 Å². The van der Waals surface area contributed by atoms with Gasteiger partial charge in [0.2, 0.25) is 0 Å². The van der Waals surface area contributed by atoms with Gasteiger partial charge in [0.1, 0.15) is 0 Å². The second-order valence-electron chi connectivity index (χ2n) is 4.30. The third-order valence-electron chi connectivity index (χ3n) is 2.96. The van der Waals surface area contributed by atoms with Gasteiger partial charge in [0.15, 0.2) is 0 Å². The molecule has 15 heavy (non-hydrogen) atoms. The molecule has 1 rings (SSSR count). The lowest BCUT2D eigenvalue weighted by Gasteiger charge is -2.17. The van der Waals surface area contributed by atoms with Crippen molar-refractivity contribution in [3.63, 3.8) is 0 Å². The number of hydrogen-bond donors (Lipinski definition) is 1. The van der Waals surface area contributed by atoms with E-state index in [1.807, 2.05) is 0 Å². The van der Waals surface area contributed by atoms with Crippen LogP contribution in [0.5, 0.6) is 0 Å². The Bertz CT molecular complexity index is 304. The van der Waals surface area contributed by atoms with Crippen molar-refractivity contribution in [3.05, 3.63) is 34.9 Å². The second kappa shape index (κ2) is 5.92. The minimum Gasteiger partial charge on any atom is -0.314 e. The fourth-order valence-corrected chi connectivity index (χ4v) is 1.94. The van der Waals surface area contributed by atoms with E-state index in [-0.39, 0.29) is 0 Å². The first-order valence-electron chi connectivity index (χ1n) is 5.96. The van der Waals surface area contributed by atoms with Crippen LogP contribution in [-0.2, 0) is 6.42 Å². The molecule has 0 saturated carbocycles. The largest absolute Gasteiger partial charge is 0.314 e. The number of likely N-dealkylation sites (N-methyl/N-ethyl adjacent to an activating group) is 1. The summed E-state index contributed by atoms with van der Waals surface area (Å²) in [7, 11) is 0. The molecule has 0 amide bonds. The zero-order valence-electron chi connectivity index (χ0n) is 10.4. The number of benzene rings is 1. The highest BCUT2D eigenvalue weighted by molar-refractivity contribution is 5.31. The maximum Gasteiger partial charge on any atom is 0.0105 e. The molecule has 0 aromatic heterocycles. The van der Waals surface area contributed by atoms with Crippen LogP contribution in [0.4, 0.5) is 0 Å². The van der Waals surface area contributed by atoms with Crippen LogP contribution in [0, 0.1) is 13.8 Å². The van der Waals surface area contributed by atoms with Crippen LogP contribution in [0.2, 0.25) is 0 Å². The summed E-state index contributed by atoms with van der Waals surface area (Å²) in [5.74, 6) is 0. The molecule has 1 heteroatoms. The van der Waals surface area contributed by atoms with E-state index < -0.39 is 0 Å². The maximum atomic E-state index is 3.53. The Morgan fingerprint density at radius 3 is 2.53 bits per heavy atom. The van der Waals surface area contributed by atoms with Crippen molar-refractivity contribution >= 4 is 0 Å². The predicted molar refractivity (Wildman–Crippen MR) is 67.4 cm³/mol. The summed E-state index contributed by atoms with van der Waals surface area (Å²) < 4.78 is 0. The SMILES string of the molecule is CCNC(CC)Cc1cc(C)ccc1C. The third-order valence-corrected chi connectivity index (χ3v) is 2.96. The van der Waals surface area contributed by atoms with Crippen molar-refractivity contribution in [2.75, 3.05) is 6.54 Å². The molecule has 0 fully saturated rings. The molecule has 1 nitrogen and oxygen atoms in total. The van der Waals surface area contributed by atoms with Crippen LogP contribution in [0.25, 0.3) is 0 Å². The first-order valence-corrected chi connectivity index (χ1v) is 5.96. The lowest BCUT2D eigenvalue weighted by atomic mass is 9.98. The van der Waals surface area contributed by atoms with Gasteiger partial charge in [0, 0.05) is 6.04 Å². The summed E-state index contributed by atoms with van der Waals surface area (Å²) in [4.78, 5) is 0. The normalized spacial score (nSPS) is 12.8. The highest BCUT2D eigenvalue weighted by atomic mass is 14.9. The third kappa shape index (κ3) is 3.67. The highest BCUT2D eigenvalue weighted by Crippen LogP contribution is 2.13. The van der Waals surface area contributed by atoms with Crippen molar-refractivity contribution in [1.29, 1.82) is 0 Å². The minimum atomic E-state index is 0.621. The molecule has 0 aliphatic rings. The van der Waals surface area contributed by atoms with E-state index in [0.29, 0.717) is 6.04 Å². The van der Waals surface area contributed by atoms with Crippen molar-refractivity contribution in [1.82, 2.24) is 5.32 Å². The number of nitrogens with one attached hydrogen (secondary N) is 1. The summed E-state index contributed by atoms with van der Waals surface area (Å²) in [5.41, 5.74) is 4.27. The fourth-order valence-electron chi connectivity index (χ4n) is 1.94. The van der Waals surface area contributed by atoms with Crippen LogP contribution in [0.1, 0.15) is 37.0 Å². The van der Waals surface area contributed by atoms with E-state index in [2.05, 4.69) is 51.2 Å². The van der Waals surface area contributed by atoms with E-state index in [0.717, 1.165) is 13.0 Å². The topological polar surface area (TPSA) is 12.0 Å². The maximum absolute atomic E-state index is 3.53. The molecule has 0 radical (unpaired) electrons. The molecule has 1 atom stereocenters. The molecular weight excluding hydrogens is 182 g/mol. The van der Waals surface area contributed by atoms with Gasteiger partial charge in [-0.3, -0.25) is 0 Å². The van der Waals surface area contributed by atoms with E-state index in [9.17, 15) is 0 Å².